The molecule has 1 aromatic carbocycles. The van der Waals surface area contributed by atoms with Gasteiger partial charge in [0, 0.05) is 22.5 Å². The molecule has 0 radical (unpaired) electrons. The van der Waals surface area contributed by atoms with Crippen LogP contribution in [0, 0.1) is 13.8 Å². The lowest BCUT2D eigenvalue weighted by Crippen LogP contribution is -3.14. The maximum Gasteiger partial charge on any atom is 0.279 e. The van der Waals surface area contributed by atoms with Crippen molar-refractivity contribution >= 4 is 22.9 Å². The van der Waals surface area contributed by atoms with Crippen molar-refractivity contribution in [1.82, 2.24) is 0 Å². The highest BCUT2D eigenvalue weighted by Crippen LogP contribution is 2.24. The van der Waals surface area contributed by atoms with Crippen molar-refractivity contribution in [3.8, 4) is 0 Å². The standard InChI is InChI=1S/C18H22N2OS/c1-12-4-5-16(13(2)10-12)19-18(21)11-20-8-6-17-15(14(20)3)7-9-22-17/h4-5,7,9-10,14H,6,8,11H2,1-3H3,(H,19,21)/p+1/t14-/m0/s1. The number of anilines is 1. The van der Waals surface area contributed by atoms with E-state index >= 15 is 0 Å². The van der Waals surface area contributed by atoms with Crippen LogP contribution in [0.1, 0.15) is 34.5 Å². The zero-order valence-electron chi connectivity index (χ0n) is 13.4. The maximum atomic E-state index is 12.4. The second kappa shape index (κ2) is 6.23. The minimum atomic E-state index is 0.104. The number of hydrogen-bond acceptors (Lipinski definition) is 2. The van der Waals surface area contributed by atoms with Gasteiger partial charge in [0.25, 0.3) is 5.91 Å². The Kier molecular flexibility index (Phi) is 4.32. The van der Waals surface area contributed by atoms with Gasteiger partial charge in [-0.2, -0.15) is 0 Å². The van der Waals surface area contributed by atoms with Gasteiger partial charge in [-0.05, 0) is 43.8 Å². The minimum Gasteiger partial charge on any atom is -0.321 e. The van der Waals surface area contributed by atoms with Gasteiger partial charge < -0.3 is 10.2 Å². The molecular weight excluding hydrogens is 292 g/mol. The smallest absolute Gasteiger partial charge is 0.279 e. The van der Waals surface area contributed by atoms with Gasteiger partial charge in [0.05, 0.1) is 6.54 Å². The van der Waals surface area contributed by atoms with Crippen molar-refractivity contribution in [2.75, 3.05) is 18.4 Å². The van der Waals surface area contributed by atoms with Gasteiger partial charge in [-0.1, -0.05) is 17.7 Å². The van der Waals surface area contributed by atoms with E-state index in [-0.39, 0.29) is 5.91 Å². The fourth-order valence-electron chi connectivity index (χ4n) is 3.25. The summed E-state index contributed by atoms with van der Waals surface area (Å²) in [4.78, 5) is 15.2. The number of carbonyl (C=O) groups is 1. The summed E-state index contributed by atoms with van der Waals surface area (Å²) in [5.74, 6) is 0.104. The van der Waals surface area contributed by atoms with Crippen LogP contribution in [0.3, 0.4) is 0 Å². The van der Waals surface area contributed by atoms with Gasteiger partial charge in [0.15, 0.2) is 6.54 Å². The number of rotatable bonds is 3. The van der Waals surface area contributed by atoms with Crippen LogP contribution in [0.4, 0.5) is 5.69 Å². The Balaban J connectivity index is 1.65. The Labute approximate surface area is 136 Å². The second-order valence-electron chi connectivity index (χ2n) is 6.22. The first-order chi connectivity index (χ1) is 10.5. The number of aryl methyl sites for hydroxylation is 2. The minimum absolute atomic E-state index is 0.104. The van der Waals surface area contributed by atoms with Gasteiger partial charge in [-0.25, -0.2) is 0 Å². The van der Waals surface area contributed by atoms with E-state index in [0.717, 1.165) is 24.2 Å². The largest absolute Gasteiger partial charge is 0.321 e. The van der Waals surface area contributed by atoms with Crippen molar-refractivity contribution in [3.05, 3.63) is 51.2 Å². The monoisotopic (exact) mass is 315 g/mol. The Hall–Kier alpha value is -1.65. The highest BCUT2D eigenvalue weighted by Gasteiger charge is 2.29. The van der Waals surface area contributed by atoms with Gasteiger partial charge in [0.2, 0.25) is 0 Å². The molecule has 0 saturated carbocycles. The van der Waals surface area contributed by atoms with E-state index in [2.05, 4.69) is 36.7 Å². The molecule has 0 saturated heterocycles. The average molecular weight is 315 g/mol. The third kappa shape index (κ3) is 3.08. The molecule has 3 rings (SSSR count). The third-order valence-corrected chi connectivity index (χ3v) is 5.57. The van der Waals surface area contributed by atoms with Crippen LogP contribution in [0.15, 0.2) is 29.6 Å². The Bertz CT molecular complexity index is 692. The molecule has 1 amide bonds. The van der Waals surface area contributed by atoms with Crippen LogP contribution in [0.2, 0.25) is 0 Å². The van der Waals surface area contributed by atoms with Crippen molar-refractivity contribution in [2.24, 2.45) is 0 Å². The van der Waals surface area contributed by atoms with Crippen molar-refractivity contribution in [2.45, 2.75) is 33.2 Å². The molecule has 1 aliphatic heterocycles. The summed E-state index contributed by atoms with van der Waals surface area (Å²) in [5, 5.41) is 5.23. The molecule has 0 spiro atoms. The number of amides is 1. The summed E-state index contributed by atoms with van der Waals surface area (Å²) in [6, 6.07) is 8.75. The van der Waals surface area contributed by atoms with E-state index in [0.29, 0.717) is 12.6 Å². The molecule has 22 heavy (non-hydrogen) atoms. The number of quaternary nitrogens is 1. The summed E-state index contributed by atoms with van der Waals surface area (Å²) in [6.07, 6.45) is 1.09. The second-order valence-corrected chi connectivity index (χ2v) is 7.22. The topological polar surface area (TPSA) is 33.5 Å². The van der Waals surface area contributed by atoms with E-state index in [1.165, 1.54) is 20.9 Å². The number of carbonyl (C=O) groups excluding carboxylic acids is 1. The summed E-state index contributed by atoms with van der Waals surface area (Å²) in [6.45, 7) is 7.90. The van der Waals surface area contributed by atoms with Crippen LogP contribution in [0.25, 0.3) is 0 Å². The molecule has 3 nitrogen and oxygen atoms in total. The SMILES string of the molecule is Cc1ccc(NC(=O)C[NH+]2CCc3sccc3[C@@H]2C)c(C)c1. The summed E-state index contributed by atoms with van der Waals surface area (Å²) in [7, 11) is 0. The first-order valence-corrected chi connectivity index (χ1v) is 8.70. The van der Waals surface area contributed by atoms with Crippen molar-refractivity contribution in [3.63, 3.8) is 0 Å². The van der Waals surface area contributed by atoms with Gasteiger partial charge >= 0.3 is 0 Å². The highest BCUT2D eigenvalue weighted by molar-refractivity contribution is 7.10. The average Bonchev–Trinajstić information content (AvgIpc) is 2.94. The molecule has 2 N–H and O–H groups in total. The van der Waals surface area contributed by atoms with Gasteiger partial charge in [-0.15, -0.1) is 11.3 Å². The van der Waals surface area contributed by atoms with Crippen molar-refractivity contribution < 1.29 is 9.69 Å². The first-order valence-electron chi connectivity index (χ1n) is 7.82. The number of fused-ring (bicyclic) bond motifs is 1. The van der Waals surface area contributed by atoms with Gasteiger partial charge in [-0.3, -0.25) is 4.79 Å². The van der Waals surface area contributed by atoms with Crippen LogP contribution in [-0.2, 0) is 11.2 Å². The summed E-state index contributed by atoms with van der Waals surface area (Å²) < 4.78 is 0. The summed E-state index contributed by atoms with van der Waals surface area (Å²) in [5.41, 5.74) is 4.69. The molecule has 4 heteroatoms. The van der Waals surface area contributed by atoms with Gasteiger partial charge in [0.1, 0.15) is 6.04 Å². The van der Waals surface area contributed by atoms with Crippen molar-refractivity contribution in [1.29, 1.82) is 0 Å². The molecule has 0 bridgehead atoms. The molecule has 1 unspecified atom stereocenters. The molecule has 2 aromatic rings. The number of nitrogens with one attached hydrogen (secondary N) is 2. The third-order valence-electron chi connectivity index (χ3n) is 4.58. The van der Waals surface area contributed by atoms with E-state index in [9.17, 15) is 4.79 Å². The van der Waals surface area contributed by atoms with E-state index < -0.39 is 0 Å². The zero-order valence-corrected chi connectivity index (χ0v) is 14.2. The van der Waals surface area contributed by atoms with Crippen LogP contribution < -0.4 is 10.2 Å². The molecule has 0 fully saturated rings. The lowest BCUT2D eigenvalue weighted by Gasteiger charge is -2.30. The number of benzene rings is 1. The first kappa shape index (κ1) is 15.3. The zero-order chi connectivity index (χ0) is 15.7. The molecule has 2 heterocycles. The molecular formula is C18H23N2OS+. The number of hydrogen-bond donors (Lipinski definition) is 2. The fourth-order valence-corrected chi connectivity index (χ4v) is 4.23. The van der Waals surface area contributed by atoms with Crippen LogP contribution in [0.5, 0.6) is 0 Å². The fraction of sp³-hybridized carbons (Fsp3) is 0.389. The normalized spacial score (nSPS) is 20.5. The quantitative estimate of drug-likeness (QED) is 0.896. The van der Waals surface area contributed by atoms with Crippen LogP contribution >= 0.6 is 11.3 Å². The van der Waals surface area contributed by atoms with Crippen LogP contribution in [-0.4, -0.2) is 19.0 Å². The lowest BCUT2D eigenvalue weighted by molar-refractivity contribution is -0.923. The molecule has 0 aliphatic carbocycles. The Morgan fingerprint density at radius 2 is 2.18 bits per heavy atom. The number of thiophene rings is 1. The van der Waals surface area contributed by atoms with E-state index in [1.54, 1.807) is 0 Å². The Morgan fingerprint density at radius 3 is 2.95 bits per heavy atom. The molecule has 2 atom stereocenters. The maximum absolute atomic E-state index is 12.4. The molecule has 116 valence electrons. The predicted molar refractivity (Wildman–Crippen MR) is 91.7 cm³/mol. The van der Waals surface area contributed by atoms with E-state index in [4.69, 9.17) is 0 Å². The predicted octanol–water partition coefficient (Wildman–Crippen LogP) is 2.51. The molecule has 1 aliphatic rings. The molecule has 1 aromatic heterocycles. The summed E-state index contributed by atoms with van der Waals surface area (Å²) >= 11 is 1.84. The Morgan fingerprint density at radius 1 is 1.36 bits per heavy atom. The van der Waals surface area contributed by atoms with E-state index in [1.807, 2.05) is 30.4 Å². The lowest BCUT2D eigenvalue weighted by atomic mass is 10.0. The highest BCUT2D eigenvalue weighted by atomic mass is 32.1.